The predicted octanol–water partition coefficient (Wildman–Crippen LogP) is -2.11. The first kappa shape index (κ1) is 28.3. The van der Waals surface area contributed by atoms with Gasteiger partial charge >= 0.3 is 45.3 Å². The van der Waals surface area contributed by atoms with Crippen molar-refractivity contribution in [1.29, 1.82) is 0 Å². The van der Waals surface area contributed by atoms with Crippen LogP contribution in [0.3, 0.4) is 0 Å². The number of hydrogen-bond donors (Lipinski definition) is 0. The van der Waals surface area contributed by atoms with Gasteiger partial charge in [0.05, 0.1) is 0 Å². The molecular weight excluding hydrogens is 535 g/mol. The van der Waals surface area contributed by atoms with Crippen molar-refractivity contribution in [2.75, 3.05) is 0 Å². The van der Waals surface area contributed by atoms with Gasteiger partial charge < -0.3 is 0 Å². The molecule has 0 aromatic heterocycles. The molecule has 0 aromatic carbocycles. The van der Waals surface area contributed by atoms with Crippen LogP contribution in [-0.4, -0.2) is 45.3 Å². The Morgan fingerprint density at radius 2 is 1.00 bits per heavy atom. The first-order valence-corrected chi connectivity index (χ1v) is 0. The fourth-order valence-electron chi connectivity index (χ4n) is 0. The van der Waals surface area contributed by atoms with Gasteiger partial charge in [0, 0.05) is 45.0 Å². The topological polar surface area (TPSA) is 0 Å². The molecule has 4 heteroatoms. The Bertz CT molecular complexity index is 8.00. The zero-order valence-corrected chi connectivity index (χ0v) is 17.8. The van der Waals surface area contributed by atoms with Crippen LogP contribution in [0.25, 0.3) is 0 Å². The minimum atomic E-state index is 0. The summed E-state index contributed by atoms with van der Waals surface area (Å²) in [6.07, 6.45) is 0. The molecule has 0 heterocycles. The van der Waals surface area contributed by atoms with E-state index in [4.69, 9.17) is 0 Å². The molecule has 0 fully saturated rings. The SMILES string of the molecule is [AsH3].[Cr].[Hg].[PbH2]. The summed E-state index contributed by atoms with van der Waals surface area (Å²) in [5.74, 6) is 0. The van der Waals surface area contributed by atoms with Crippen molar-refractivity contribution in [3.63, 3.8) is 0 Å². The molecule has 4 heavy (non-hydrogen) atoms. The zero-order chi connectivity index (χ0) is 0. The van der Waals surface area contributed by atoms with Crippen LogP contribution < -0.4 is 0 Å². The normalized spacial score (nSPS) is 0. The predicted molar refractivity (Wildman–Crippen MR) is 18.5 cm³/mol. The van der Waals surface area contributed by atoms with Crippen LogP contribution in [0.4, 0.5) is 0 Å². The number of rotatable bonds is 0. The molecule has 22 valence electrons. The Balaban J connectivity index is 0. The second kappa shape index (κ2) is 16.8. The molecule has 0 N–H and O–H groups in total. The van der Waals surface area contributed by atoms with E-state index in [1.54, 1.807) is 0 Å². The van der Waals surface area contributed by atoms with Crippen LogP contribution in [0.2, 0.25) is 0 Å². The molecule has 0 aliphatic rings. The van der Waals surface area contributed by atoms with Gasteiger partial charge in [0.25, 0.3) is 0 Å². The Labute approximate surface area is 88.6 Å². The van der Waals surface area contributed by atoms with E-state index in [9.17, 15) is 0 Å². The van der Waals surface area contributed by atoms with Crippen LogP contribution in [0, 0.1) is 0 Å². The van der Waals surface area contributed by atoms with Crippen molar-refractivity contribution in [2.45, 2.75) is 0 Å². The van der Waals surface area contributed by atoms with E-state index in [1.807, 2.05) is 0 Å². The van der Waals surface area contributed by atoms with E-state index >= 15 is 0 Å². The van der Waals surface area contributed by atoms with Crippen molar-refractivity contribution in [3.05, 3.63) is 0 Å². The Kier molecular flexibility index (Phi) is 118. The van der Waals surface area contributed by atoms with Gasteiger partial charge in [-0.25, -0.2) is 0 Å². The summed E-state index contributed by atoms with van der Waals surface area (Å²) in [7, 11) is 0. The zero-order valence-electron chi connectivity index (χ0n) is 2.53. The standard InChI is InChI=1S/AsH3.Cr.Hg.Pb.2H/h1H3;;;;;. The van der Waals surface area contributed by atoms with Gasteiger partial charge in [0.15, 0.2) is 0 Å². The first-order valence-electron chi connectivity index (χ1n) is 0. The summed E-state index contributed by atoms with van der Waals surface area (Å²) in [6, 6.07) is 0. The third-order valence-electron chi connectivity index (χ3n) is 0. The average molecular weight is 540 g/mol. The molecule has 0 saturated heterocycles. The van der Waals surface area contributed by atoms with E-state index in [0.717, 1.165) is 0 Å². The molecule has 0 spiro atoms. The Morgan fingerprint density at radius 1 is 1.00 bits per heavy atom. The fourth-order valence-corrected chi connectivity index (χ4v) is 0. The third-order valence-corrected chi connectivity index (χ3v) is 0. The molecule has 0 nitrogen and oxygen atoms in total. The number of hydrogen-bond acceptors (Lipinski definition) is 0. The van der Waals surface area contributed by atoms with E-state index < -0.39 is 0 Å². The van der Waals surface area contributed by atoms with E-state index in [1.165, 1.54) is 0 Å². The average Bonchev–Trinajstić information content (AvgIpc) is 0. The Hall–Kier alpha value is 2.95. The summed E-state index contributed by atoms with van der Waals surface area (Å²) in [5, 5.41) is 0. The van der Waals surface area contributed by atoms with Gasteiger partial charge in [-0.3, -0.25) is 0 Å². The van der Waals surface area contributed by atoms with Gasteiger partial charge in [-0.1, -0.05) is 0 Å². The summed E-state index contributed by atoms with van der Waals surface area (Å²) in [6.45, 7) is 0. The molecule has 0 saturated carbocycles. The maximum absolute atomic E-state index is 0. The van der Waals surface area contributed by atoms with Crippen molar-refractivity contribution in [1.82, 2.24) is 0 Å². The molecule has 0 rings (SSSR count). The summed E-state index contributed by atoms with van der Waals surface area (Å²) in [5.41, 5.74) is 0. The first-order chi connectivity index (χ1) is 0. The summed E-state index contributed by atoms with van der Waals surface area (Å²) >= 11 is 0. The molecule has 0 aromatic rings. The van der Waals surface area contributed by atoms with Crippen LogP contribution in [0.15, 0.2) is 0 Å². The maximum atomic E-state index is 0. The van der Waals surface area contributed by atoms with Crippen LogP contribution in [0.1, 0.15) is 0 Å². The molecule has 0 aliphatic heterocycles. The third kappa shape index (κ3) is 8.87. The van der Waals surface area contributed by atoms with Gasteiger partial charge in [-0.2, -0.15) is 0 Å². The van der Waals surface area contributed by atoms with Gasteiger partial charge in [0.1, 0.15) is 0 Å². The summed E-state index contributed by atoms with van der Waals surface area (Å²) in [4.78, 5) is 0. The molecule has 1 atom stereocenters. The monoisotopic (exact) mass is 542 g/mol. The van der Waals surface area contributed by atoms with Gasteiger partial charge in [-0.05, 0) is 0 Å². The van der Waals surface area contributed by atoms with E-state index in [2.05, 4.69) is 0 Å². The Morgan fingerprint density at radius 3 is 1.00 bits per heavy atom. The van der Waals surface area contributed by atoms with E-state index in [0.29, 0.717) is 0 Å². The van der Waals surface area contributed by atoms with Crippen molar-refractivity contribution in [2.24, 2.45) is 0 Å². The van der Waals surface area contributed by atoms with Crippen LogP contribution in [-0.2, 0) is 45.0 Å². The van der Waals surface area contributed by atoms with Crippen LogP contribution in [0.5, 0.6) is 0 Å². The van der Waals surface area contributed by atoms with Crippen LogP contribution >= 0.6 is 0 Å². The second-order valence-electron chi connectivity index (χ2n) is 0. The molecule has 1 unspecified atom stereocenters. The van der Waals surface area contributed by atoms with Crippen molar-refractivity contribution >= 4 is 45.3 Å². The molecule has 0 aliphatic carbocycles. The molecular formula is H5AsCrHgPb. The molecule has 0 amide bonds. The van der Waals surface area contributed by atoms with Crippen molar-refractivity contribution < 1.29 is 45.0 Å². The molecule has 0 bridgehead atoms. The van der Waals surface area contributed by atoms with Gasteiger partial charge in [-0.15, -0.1) is 0 Å². The summed E-state index contributed by atoms with van der Waals surface area (Å²) < 4.78 is 0. The second-order valence-corrected chi connectivity index (χ2v) is 0. The van der Waals surface area contributed by atoms with Gasteiger partial charge in [0.2, 0.25) is 0 Å². The van der Waals surface area contributed by atoms with Crippen molar-refractivity contribution in [3.8, 4) is 0 Å². The molecule has 2 radical (unpaired) electrons. The fraction of sp³-hybridized carbons (Fsp3) is 0. The minimum absolute atomic E-state index is 0. The quantitative estimate of drug-likeness (QED) is 0.310. The van der Waals surface area contributed by atoms with E-state index in [-0.39, 0.29) is 90.3 Å².